The number of carbonyl (C=O) groups excluding carboxylic acids is 1. The van der Waals surface area contributed by atoms with Crippen LogP contribution < -0.4 is 11.3 Å². The average Bonchev–Trinajstić information content (AvgIpc) is 2.46. The molecule has 2 N–H and O–H groups in total. The summed E-state index contributed by atoms with van der Waals surface area (Å²) in [5.74, 6) is -0.307. The highest BCUT2D eigenvalue weighted by atomic mass is 16.5. The molecule has 0 bridgehead atoms. The highest BCUT2D eigenvalue weighted by molar-refractivity contribution is 5.72. The summed E-state index contributed by atoms with van der Waals surface area (Å²) in [6.45, 7) is 2.17. The first-order valence-electron chi connectivity index (χ1n) is 6.61. The van der Waals surface area contributed by atoms with E-state index in [1.807, 2.05) is 24.3 Å². The summed E-state index contributed by atoms with van der Waals surface area (Å²) in [5, 5.41) is 0. The first-order valence-corrected chi connectivity index (χ1v) is 6.61. The van der Waals surface area contributed by atoms with Crippen molar-refractivity contribution in [2.75, 3.05) is 12.8 Å². The van der Waals surface area contributed by atoms with E-state index in [-0.39, 0.29) is 17.9 Å². The summed E-state index contributed by atoms with van der Waals surface area (Å²) < 4.78 is 6.23. The van der Waals surface area contributed by atoms with Gasteiger partial charge in [-0.3, -0.25) is 9.59 Å². The number of methoxy groups -OCH3 is 1. The summed E-state index contributed by atoms with van der Waals surface area (Å²) in [6.07, 6.45) is 1.81. The number of hydrogen-bond donors (Lipinski definition) is 1. The lowest BCUT2D eigenvalue weighted by atomic mass is 10.0. The second-order valence-corrected chi connectivity index (χ2v) is 4.90. The molecule has 0 unspecified atom stereocenters. The Labute approximate surface area is 123 Å². The number of anilines is 1. The number of carbonyl (C=O) groups is 1. The number of aryl methyl sites for hydroxylation is 1. The van der Waals surface area contributed by atoms with E-state index in [1.54, 1.807) is 17.7 Å². The summed E-state index contributed by atoms with van der Waals surface area (Å²) in [4.78, 5) is 23.4. The number of ether oxygens (including phenoxy) is 1. The Bertz CT molecular complexity index is 720. The van der Waals surface area contributed by atoms with Crippen LogP contribution in [0.25, 0.3) is 0 Å². The molecule has 0 amide bonds. The summed E-state index contributed by atoms with van der Waals surface area (Å²) >= 11 is 0. The van der Waals surface area contributed by atoms with Crippen molar-refractivity contribution < 1.29 is 9.53 Å². The van der Waals surface area contributed by atoms with Crippen molar-refractivity contribution in [2.24, 2.45) is 0 Å². The van der Waals surface area contributed by atoms with Crippen LogP contribution in [0.1, 0.15) is 16.7 Å². The van der Waals surface area contributed by atoms with Crippen molar-refractivity contribution >= 4 is 11.7 Å². The zero-order valence-corrected chi connectivity index (χ0v) is 12.1. The van der Waals surface area contributed by atoms with Crippen LogP contribution in [0.3, 0.4) is 0 Å². The molecule has 5 heteroatoms. The molecule has 0 radical (unpaired) electrons. The molecule has 2 rings (SSSR count). The number of aromatic nitrogens is 1. The molecule has 0 atom stereocenters. The van der Waals surface area contributed by atoms with Gasteiger partial charge in [-0.05, 0) is 23.6 Å². The van der Waals surface area contributed by atoms with Crippen molar-refractivity contribution in [3.63, 3.8) is 0 Å². The second kappa shape index (κ2) is 6.26. The predicted molar refractivity (Wildman–Crippen MR) is 81.1 cm³/mol. The fraction of sp³-hybridized carbons (Fsp3) is 0.250. The summed E-state index contributed by atoms with van der Waals surface area (Å²) in [6, 6.07) is 8.99. The van der Waals surface area contributed by atoms with Crippen LogP contribution in [-0.4, -0.2) is 17.6 Å². The molecular weight excluding hydrogens is 268 g/mol. The molecule has 1 heterocycles. The molecule has 110 valence electrons. The largest absolute Gasteiger partial charge is 0.469 e. The van der Waals surface area contributed by atoms with Gasteiger partial charge in [-0.15, -0.1) is 0 Å². The van der Waals surface area contributed by atoms with Crippen LogP contribution in [0, 0.1) is 6.92 Å². The molecule has 0 aliphatic carbocycles. The molecule has 0 aliphatic heterocycles. The molecule has 0 saturated heterocycles. The minimum absolute atomic E-state index is 0.116. The number of nitrogens with zero attached hydrogens (tertiary/aromatic N) is 1. The Kier molecular flexibility index (Phi) is 4.42. The van der Waals surface area contributed by atoms with Crippen LogP contribution in [0.15, 0.2) is 41.3 Å². The van der Waals surface area contributed by atoms with E-state index in [0.717, 1.165) is 16.7 Å². The average molecular weight is 286 g/mol. The topological polar surface area (TPSA) is 74.3 Å². The second-order valence-electron chi connectivity index (χ2n) is 4.90. The molecule has 1 aromatic carbocycles. The number of nitrogen functional groups attached to an aromatic ring is 1. The van der Waals surface area contributed by atoms with Gasteiger partial charge in [0.25, 0.3) is 5.56 Å². The van der Waals surface area contributed by atoms with Gasteiger partial charge in [-0.25, -0.2) is 0 Å². The van der Waals surface area contributed by atoms with Crippen LogP contribution in [0.2, 0.25) is 0 Å². The van der Waals surface area contributed by atoms with Crippen molar-refractivity contribution in [1.29, 1.82) is 0 Å². The minimum Gasteiger partial charge on any atom is -0.469 e. The Hall–Kier alpha value is -2.56. The summed E-state index contributed by atoms with van der Waals surface area (Å²) in [5.41, 5.74) is 8.81. The molecule has 0 spiro atoms. The van der Waals surface area contributed by atoms with Gasteiger partial charge < -0.3 is 15.0 Å². The third kappa shape index (κ3) is 3.51. The molecule has 0 aliphatic rings. The standard InChI is InChI=1S/C16H18N2O3/c1-11-7-15(19)18(10-14(11)17)9-13-6-4-3-5-12(13)8-16(20)21-2/h3-7,10H,8-9,17H2,1-2H3. The lowest BCUT2D eigenvalue weighted by molar-refractivity contribution is -0.139. The van der Waals surface area contributed by atoms with Gasteiger partial charge >= 0.3 is 5.97 Å². The fourth-order valence-electron chi connectivity index (χ4n) is 2.10. The Balaban J connectivity index is 2.34. The molecule has 0 saturated carbocycles. The number of hydrogen-bond acceptors (Lipinski definition) is 4. The maximum atomic E-state index is 12.0. The number of esters is 1. The van der Waals surface area contributed by atoms with Gasteiger partial charge in [0.15, 0.2) is 0 Å². The highest BCUT2D eigenvalue weighted by Crippen LogP contribution is 2.13. The van der Waals surface area contributed by atoms with Crippen LogP contribution in [-0.2, 0) is 22.5 Å². The molecule has 1 aromatic heterocycles. The zero-order chi connectivity index (χ0) is 15.4. The van der Waals surface area contributed by atoms with Gasteiger partial charge in [0, 0.05) is 12.3 Å². The van der Waals surface area contributed by atoms with E-state index in [0.29, 0.717) is 12.2 Å². The highest BCUT2D eigenvalue weighted by Gasteiger charge is 2.09. The molecule has 0 fully saturated rings. The fourth-order valence-corrected chi connectivity index (χ4v) is 2.10. The number of nitrogens with two attached hydrogens (primary N) is 1. The lowest BCUT2D eigenvalue weighted by Crippen LogP contribution is -2.21. The minimum atomic E-state index is -0.307. The maximum Gasteiger partial charge on any atom is 0.309 e. The van der Waals surface area contributed by atoms with Gasteiger partial charge in [-0.2, -0.15) is 0 Å². The van der Waals surface area contributed by atoms with E-state index in [9.17, 15) is 9.59 Å². The van der Waals surface area contributed by atoms with Crippen molar-refractivity contribution in [3.8, 4) is 0 Å². The van der Waals surface area contributed by atoms with Gasteiger partial charge in [0.2, 0.25) is 0 Å². The normalized spacial score (nSPS) is 10.4. The van der Waals surface area contributed by atoms with Crippen LogP contribution >= 0.6 is 0 Å². The summed E-state index contributed by atoms with van der Waals surface area (Å²) in [7, 11) is 1.36. The smallest absolute Gasteiger partial charge is 0.309 e. The third-order valence-corrected chi connectivity index (χ3v) is 3.39. The van der Waals surface area contributed by atoms with E-state index in [4.69, 9.17) is 10.5 Å². The number of rotatable bonds is 4. The van der Waals surface area contributed by atoms with E-state index >= 15 is 0 Å². The van der Waals surface area contributed by atoms with Crippen molar-refractivity contribution in [3.05, 3.63) is 63.6 Å². The van der Waals surface area contributed by atoms with Crippen molar-refractivity contribution in [1.82, 2.24) is 4.57 Å². The Morgan fingerprint density at radius 2 is 1.95 bits per heavy atom. The van der Waals surface area contributed by atoms with Crippen molar-refractivity contribution in [2.45, 2.75) is 19.9 Å². The first-order chi connectivity index (χ1) is 10.0. The Morgan fingerprint density at radius 3 is 2.62 bits per heavy atom. The van der Waals surface area contributed by atoms with E-state index in [1.165, 1.54) is 13.2 Å². The van der Waals surface area contributed by atoms with Gasteiger partial charge in [0.05, 0.1) is 25.8 Å². The monoisotopic (exact) mass is 286 g/mol. The lowest BCUT2D eigenvalue weighted by Gasteiger charge is -2.12. The Morgan fingerprint density at radius 1 is 1.29 bits per heavy atom. The molecule has 21 heavy (non-hydrogen) atoms. The predicted octanol–water partition coefficient (Wildman–Crippen LogP) is 1.50. The zero-order valence-electron chi connectivity index (χ0n) is 12.1. The molecule has 5 nitrogen and oxygen atoms in total. The number of benzene rings is 1. The van der Waals surface area contributed by atoms with Gasteiger partial charge in [0.1, 0.15) is 0 Å². The molecule has 2 aromatic rings. The maximum absolute atomic E-state index is 12.0. The molecular formula is C16H18N2O3. The van der Waals surface area contributed by atoms with Gasteiger partial charge in [-0.1, -0.05) is 24.3 Å². The quantitative estimate of drug-likeness (QED) is 0.864. The van der Waals surface area contributed by atoms with E-state index < -0.39 is 0 Å². The first kappa shape index (κ1) is 14.8. The number of pyridine rings is 1. The van der Waals surface area contributed by atoms with Crippen LogP contribution in [0.5, 0.6) is 0 Å². The third-order valence-electron chi connectivity index (χ3n) is 3.39. The van der Waals surface area contributed by atoms with Crippen LogP contribution in [0.4, 0.5) is 5.69 Å². The SMILES string of the molecule is COC(=O)Cc1ccccc1Cn1cc(N)c(C)cc1=O. The van der Waals surface area contributed by atoms with E-state index in [2.05, 4.69) is 0 Å².